The molecule has 0 aromatic heterocycles. The van der Waals surface area contributed by atoms with Crippen LogP contribution in [-0.2, 0) is 19.6 Å². The maximum absolute atomic E-state index is 12.0. The molecule has 0 aliphatic rings. The Morgan fingerprint density at radius 3 is 2.35 bits per heavy atom. The van der Waals surface area contributed by atoms with E-state index in [1.807, 2.05) is 20.8 Å². The van der Waals surface area contributed by atoms with Gasteiger partial charge in [-0.3, -0.25) is 9.52 Å². The average molecular weight is 342 g/mol. The van der Waals surface area contributed by atoms with Crippen molar-refractivity contribution in [1.82, 2.24) is 5.32 Å². The van der Waals surface area contributed by atoms with E-state index in [1.165, 1.54) is 12.1 Å². The number of sulfonamides is 1. The van der Waals surface area contributed by atoms with Crippen LogP contribution in [0.15, 0.2) is 24.3 Å². The highest BCUT2D eigenvalue weighted by atomic mass is 32.2. The number of amides is 1. The van der Waals surface area contributed by atoms with E-state index in [0.717, 1.165) is 6.26 Å². The molecule has 0 bridgehead atoms. The Morgan fingerprint density at radius 2 is 1.78 bits per heavy atom. The highest BCUT2D eigenvalue weighted by Crippen LogP contribution is 2.17. The minimum Gasteiger partial charge on any atom is -0.452 e. The molecule has 8 heteroatoms. The molecule has 1 rings (SSSR count). The Hall–Kier alpha value is -2.09. The predicted molar refractivity (Wildman–Crippen MR) is 87.6 cm³/mol. The number of hydrogen-bond donors (Lipinski definition) is 2. The predicted octanol–water partition coefficient (Wildman–Crippen LogP) is 1.38. The fourth-order valence-electron chi connectivity index (χ4n) is 1.62. The van der Waals surface area contributed by atoms with Crippen LogP contribution in [0.3, 0.4) is 0 Å². The van der Waals surface area contributed by atoms with Crippen LogP contribution in [0.2, 0.25) is 0 Å². The van der Waals surface area contributed by atoms with Gasteiger partial charge >= 0.3 is 5.97 Å². The Labute approximate surface area is 136 Å². The van der Waals surface area contributed by atoms with Gasteiger partial charge in [0.15, 0.2) is 6.61 Å². The van der Waals surface area contributed by atoms with Gasteiger partial charge in [0.1, 0.15) is 0 Å². The molecule has 0 saturated carbocycles. The van der Waals surface area contributed by atoms with Crippen molar-refractivity contribution in [2.75, 3.05) is 17.6 Å². The highest BCUT2D eigenvalue weighted by molar-refractivity contribution is 7.92. The van der Waals surface area contributed by atoms with E-state index >= 15 is 0 Å². The van der Waals surface area contributed by atoms with Gasteiger partial charge in [-0.15, -0.1) is 0 Å². The summed E-state index contributed by atoms with van der Waals surface area (Å²) in [5.41, 5.74) is 0.151. The fraction of sp³-hybridized carbons (Fsp3) is 0.467. The number of hydrogen-bond acceptors (Lipinski definition) is 5. The summed E-state index contributed by atoms with van der Waals surface area (Å²) in [6.45, 7) is 5.35. The molecule has 1 amide bonds. The smallest absolute Gasteiger partial charge is 0.340 e. The first-order valence-electron chi connectivity index (χ1n) is 7.13. The molecule has 0 aliphatic heterocycles. The summed E-state index contributed by atoms with van der Waals surface area (Å²) < 4.78 is 29.8. The molecule has 23 heavy (non-hydrogen) atoms. The third-order valence-corrected chi connectivity index (χ3v) is 3.76. The maximum Gasteiger partial charge on any atom is 0.340 e. The lowest BCUT2D eigenvalue weighted by Crippen LogP contribution is -2.38. The van der Waals surface area contributed by atoms with Crippen LogP contribution in [0.5, 0.6) is 0 Å². The van der Waals surface area contributed by atoms with E-state index in [0.29, 0.717) is 0 Å². The molecule has 0 unspecified atom stereocenters. The molecular formula is C15H22N2O5S. The number of carbonyl (C=O) groups is 2. The Bertz CT molecular complexity index is 670. The lowest BCUT2D eigenvalue weighted by atomic mass is 10.1. The first-order valence-corrected chi connectivity index (χ1v) is 9.02. The van der Waals surface area contributed by atoms with E-state index in [2.05, 4.69) is 10.0 Å². The Kier molecular flexibility index (Phi) is 6.56. The molecule has 1 aromatic rings. The van der Waals surface area contributed by atoms with Crippen LogP contribution in [0.1, 0.15) is 31.1 Å². The van der Waals surface area contributed by atoms with Gasteiger partial charge in [0.05, 0.1) is 17.5 Å². The van der Waals surface area contributed by atoms with E-state index in [4.69, 9.17) is 4.74 Å². The van der Waals surface area contributed by atoms with Crippen LogP contribution in [-0.4, -0.2) is 39.2 Å². The van der Waals surface area contributed by atoms with Crippen LogP contribution >= 0.6 is 0 Å². The Morgan fingerprint density at radius 1 is 1.17 bits per heavy atom. The van der Waals surface area contributed by atoms with Gasteiger partial charge in [0.25, 0.3) is 5.91 Å². The van der Waals surface area contributed by atoms with Gasteiger partial charge in [0.2, 0.25) is 10.0 Å². The second-order valence-corrected chi connectivity index (χ2v) is 7.34. The first-order chi connectivity index (χ1) is 10.6. The van der Waals surface area contributed by atoms with Gasteiger partial charge in [0, 0.05) is 6.04 Å². The SMILES string of the molecule is CC(C)[C@H](C)NC(=O)COC(=O)c1ccccc1NS(C)(=O)=O. The average Bonchev–Trinajstić information content (AvgIpc) is 2.43. The van der Waals surface area contributed by atoms with Crippen molar-refractivity contribution in [2.45, 2.75) is 26.8 Å². The molecule has 0 spiro atoms. The number of para-hydroxylation sites is 1. The zero-order chi connectivity index (χ0) is 17.6. The van der Waals surface area contributed by atoms with Crippen molar-refractivity contribution in [3.8, 4) is 0 Å². The summed E-state index contributed by atoms with van der Waals surface area (Å²) in [6, 6.07) is 5.98. The van der Waals surface area contributed by atoms with Crippen molar-refractivity contribution in [2.24, 2.45) is 5.92 Å². The first kappa shape index (κ1) is 19.0. The molecule has 0 saturated heterocycles. The summed E-state index contributed by atoms with van der Waals surface area (Å²) in [4.78, 5) is 23.7. The molecular weight excluding hydrogens is 320 g/mol. The summed E-state index contributed by atoms with van der Waals surface area (Å²) in [7, 11) is -3.53. The zero-order valence-electron chi connectivity index (χ0n) is 13.6. The van der Waals surface area contributed by atoms with Crippen molar-refractivity contribution in [3.05, 3.63) is 29.8 Å². The second-order valence-electron chi connectivity index (χ2n) is 5.60. The standard InChI is InChI=1S/C15H22N2O5S/c1-10(2)11(3)16-14(18)9-22-15(19)12-7-5-6-8-13(12)17-23(4,20)21/h5-8,10-11,17H,9H2,1-4H3,(H,16,18)/t11-/m0/s1. The summed E-state index contributed by atoms with van der Waals surface area (Å²) in [6.07, 6.45) is 0.982. The van der Waals surface area contributed by atoms with Crippen LogP contribution < -0.4 is 10.0 Å². The summed E-state index contributed by atoms with van der Waals surface area (Å²) in [5, 5.41) is 2.71. The lowest BCUT2D eigenvalue weighted by molar-refractivity contribution is -0.125. The topological polar surface area (TPSA) is 102 Å². The second kappa shape index (κ2) is 7.96. The van der Waals surface area contributed by atoms with Crippen molar-refractivity contribution >= 4 is 27.6 Å². The quantitative estimate of drug-likeness (QED) is 0.729. The van der Waals surface area contributed by atoms with Gasteiger partial charge in [-0.2, -0.15) is 0 Å². The van der Waals surface area contributed by atoms with Gasteiger partial charge < -0.3 is 10.1 Å². The fourth-order valence-corrected chi connectivity index (χ4v) is 2.20. The molecule has 1 aromatic carbocycles. The summed E-state index contributed by atoms with van der Waals surface area (Å²) >= 11 is 0. The number of ether oxygens (including phenoxy) is 1. The lowest BCUT2D eigenvalue weighted by Gasteiger charge is -2.17. The van der Waals surface area contributed by atoms with Crippen LogP contribution in [0, 0.1) is 5.92 Å². The minimum absolute atomic E-state index is 0.0413. The molecule has 2 N–H and O–H groups in total. The maximum atomic E-state index is 12.0. The van der Waals surface area contributed by atoms with Gasteiger partial charge in [-0.05, 0) is 25.0 Å². The molecule has 1 atom stereocenters. The molecule has 0 fully saturated rings. The number of esters is 1. The number of anilines is 1. The van der Waals surface area contributed by atoms with E-state index in [9.17, 15) is 18.0 Å². The monoisotopic (exact) mass is 342 g/mol. The zero-order valence-corrected chi connectivity index (χ0v) is 14.4. The minimum atomic E-state index is -3.53. The highest BCUT2D eigenvalue weighted by Gasteiger charge is 2.17. The molecule has 0 radical (unpaired) electrons. The number of rotatable bonds is 7. The largest absolute Gasteiger partial charge is 0.452 e. The molecule has 128 valence electrons. The molecule has 7 nitrogen and oxygen atoms in total. The van der Waals surface area contributed by atoms with Crippen molar-refractivity contribution in [3.63, 3.8) is 0 Å². The van der Waals surface area contributed by atoms with Crippen molar-refractivity contribution < 1.29 is 22.7 Å². The van der Waals surface area contributed by atoms with Crippen LogP contribution in [0.4, 0.5) is 5.69 Å². The number of benzene rings is 1. The molecule has 0 aliphatic carbocycles. The van der Waals surface area contributed by atoms with Crippen molar-refractivity contribution in [1.29, 1.82) is 0 Å². The number of nitrogens with one attached hydrogen (secondary N) is 2. The normalized spacial score (nSPS) is 12.6. The number of carbonyl (C=O) groups excluding carboxylic acids is 2. The van der Waals surface area contributed by atoms with Gasteiger partial charge in [-0.1, -0.05) is 26.0 Å². The third-order valence-electron chi connectivity index (χ3n) is 3.17. The van der Waals surface area contributed by atoms with E-state index in [-0.39, 0.29) is 23.2 Å². The third kappa shape index (κ3) is 6.68. The van der Waals surface area contributed by atoms with E-state index in [1.54, 1.807) is 12.1 Å². The van der Waals surface area contributed by atoms with Crippen LogP contribution in [0.25, 0.3) is 0 Å². The van der Waals surface area contributed by atoms with Gasteiger partial charge in [-0.25, -0.2) is 13.2 Å². The van der Waals surface area contributed by atoms with E-state index < -0.39 is 28.5 Å². The molecule has 0 heterocycles. The Balaban J connectivity index is 2.70. The summed E-state index contributed by atoms with van der Waals surface area (Å²) in [5.74, 6) is -0.924.